The summed E-state index contributed by atoms with van der Waals surface area (Å²) in [5.41, 5.74) is 2.63. The van der Waals surface area contributed by atoms with Gasteiger partial charge in [-0.3, -0.25) is 4.90 Å². The summed E-state index contributed by atoms with van der Waals surface area (Å²) in [6, 6.07) is 11.9. The lowest BCUT2D eigenvalue weighted by atomic mass is 10.2. The van der Waals surface area contributed by atoms with Crippen LogP contribution in [-0.2, 0) is 0 Å². The molecular formula is C20H20N8. The molecule has 2 aromatic heterocycles. The Labute approximate surface area is 163 Å². The minimum atomic E-state index is 0.286. The first-order valence-corrected chi connectivity index (χ1v) is 9.30. The van der Waals surface area contributed by atoms with E-state index in [9.17, 15) is 0 Å². The van der Waals surface area contributed by atoms with Gasteiger partial charge in [0.1, 0.15) is 24.0 Å². The van der Waals surface area contributed by atoms with Gasteiger partial charge < -0.3 is 14.8 Å². The first-order chi connectivity index (χ1) is 13.7. The van der Waals surface area contributed by atoms with Crippen LogP contribution in [0.2, 0.25) is 0 Å². The van der Waals surface area contributed by atoms with Gasteiger partial charge in [-0.25, -0.2) is 15.0 Å². The number of piperazine rings is 1. The van der Waals surface area contributed by atoms with Crippen molar-refractivity contribution < 1.29 is 0 Å². The zero-order chi connectivity index (χ0) is 19.1. The largest absolute Gasteiger partial charge is 0.366 e. The fourth-order valence-corrected chi connectivity index (χ4v) is 4.11. The van der Waals surface area contributed by atoms with Crippen LogP contribution < -0.4 is 10.2 Å². The first kappa shape index (κ1) is 16.7. The van der Waals surface area contributed by atoms with Crippen LogP contribution in [0.3, 0.4) is 0 Å². The van der Waals surface area contributed by atoms with Gasteiger partial charge in [0.2, 0.25) is 0 Å². The number of nitriles is 1. The third kappa shape index (κ3) is 2.96. The molecule has 0 unspecified atom stereocenters. The maximum absolute atomic E-state index is 8.79. The summed E-state index contributed by atoms with van der Waals surface area (Å²) in [5, 5.41) is 11.9. The van der Waals surface area contributed by atoms with E-state index in [0.717, 1.165) is 18.8 Å². The molecule has 0 saturated carbocycles. The van der Waals surface area contributed by atoms with Crippen molar-refractivity contribution in [1.82, 2.24) is 24.4 Å². The highest BCUT2D eigenvalue weighted by atomic mass is 15.3. The van der Waals surface area contributed by atoms with Gasteiger partial charge in [0.15, 0.2) is 5.69 Å². The molecule has 2 bridgehead atoms. The lowest BCUT2D eigenvalue weighted by molar-refractivity contribution is 0.292. The number of likely N-dealkylation sites (N-methyl/N-ethyl adjacent to an activating group) is 1. The topological polar surface area (TPSA) is 85.9 Å². The fourth-order valence-electron chi connectivity index (χ4n) is 4.11. The maximum Gasteiger partial charge on any atom is 0.158 e. The highest BCUT2D eigenvalue weighted by Gasteiger charge is 2.41. The van der Waals surface area contributed by atoms with Gasteiger partial charge in [-0.2, -0.15) is 5.26 Å². The fraction of sp³-hybridized carbons (Fsp3) is 0.300. The van der Waals surface area contributed by atoms with Gasteiger partial charge in [-0.15, -0.1) is 0 Å². The molecule has 0 spiro atoms. The Morgan fingerprint density at radius 3 is 2.46 bits per heavy atom. The number of likely N-dealkylation sites (tertiary alicyclic amines) is 1. The molecule has 140 valence electrons. The van der Waals surface area contributed by atoms with E-state index in [1.165, 1.54) is 24.5 Å². The lowest BCUT2D eigenvalue weighted by Gasteiger charge is -2.33. The Bertz CT molecular complexity index is 1020. The van der Waals surface area contributed by atoms with Crippen LogP contribution in [0.4, 0.5) is 17.3 Å². The minimum Gasteiger partial charge on any atom is -0.366 e. The summed E-state index contributed by atoms with van der Waals surface area (Å²) < 4.78 is 1.97. The molecule has 2 atom stereocenters. The molecule has 0 amide bonds. The Morgan fingerprint density at radius 1 is 1.00 bits per heavy atom. The number of fused-ring (bicyclic) bond motifs is 2. The molecular weight excluding hydrogens is 352 g/mol. The zero-order valence-electron chi connectivity index (χ0n) is 15.5. The van der Waals surface area contributed by atoms with Crippen LogP contribution in [-0.4, -0.2) is 56.6 Å². The van der Waals surface area contributed by atoms with Crippen LogP contribution in [0.15, 0.2) is 49.2 Å². The van der Waals surface area contributed by atoms with Gasteiger partial charge in [0.25, 0.3) is 0 Å². The molecule has 0 aliphatic carbocycles. The number of aromatic nitrogens is 4. The van der Waals surface area contributed by atoms with E-state index < -0.39 is 0 Å². The molecule has 8 nitrogen and oxygen atoms in total. The van der Waals surface area contributed by atoms with Crippen molar-refractivity contribution >= 4 is 17.3 Å². The van der Waals surface area contributed by atoms with Gasteiger partial charge >= 0.3 is 0 Å². The van der Waals surface area contributed by atoms with E-state index in [1.54, 1.807) is 6.33 Å². The molecule has 8 heteroatoms. The summed E-state index contributed by atoms with van der Waals surface area (Å²) in [6.45, 7) is 2.27. The van der Waals surface area contributed by atoms with Gasteiger partial charge in [-0.05, 0) is 37.7 Å². The number of benzene rings is 1. The molecule has 2 fully saturated rings. The average molecular weight is 372 g/mol. The first-order valence-electron chi connectivity index (χ1n) is 9.30. The lowest BCUT2D eigenvalue weighted by Crippen LogP contribution is -2.44. The third-order valence-corrected chi connectivity index (χ3v) is 5.60. The quantitative estimate of drug-likeness (QED) is 0.751. The summed E-state index contributed by atoms with van der Waals surface area (Å²) >= 11 is 0. The number of imidazole rings is 1. The number of rotatable bonds is 4. The summed E-state index contributed by atoms with van der Waals surface area (Å²) in [4.78, 5) is 17.5. The van der Waals surface area contributed by atoms with Crippen LogP contribution in [0.25, 0.3) is 5.69 Å². The Kier molecular flexibility index (Phi) is 3.95. The van der Waals surface area contributed by atoms with E-state index in [-0.39, 0.29) is 5.69 Å². The normalized spacial score (nSPS) is 21.1. The molecule has 28 heavy (non-hydrogen) atoms. The molecule has 4 heterocycles. The molecule has 2 saturated heterocycles. The second kappa shape index (κ2) is 6.62. The minimum absolute atomic E-state index is 0.286. The smallest absolute Gasteiger partial charge is 0.158 e. The second-order valence-electron chi connectivity index (χ2n) is 7.34. The zero-order valence-corrected chi connectivity index (χ0v) is 15.5. The van der Waals surface area contributed by atoms with Crippen molar-refractivity contribution in [1.29, 1.82) is 5.26 Å². The number of nitrogens with one attached hydrogen (secondary N) is 1. The predicted molar refractivity (Wildman–Crippen MR) is 106 cm³/mol. The highest BCUT2D eigenvalue weighted by molar-refractivity contribution is 5.55. The van der Waals surface area contributed by atoms with Crippen molar-refractivity contribution in [2.75, 3.05) is 30.4 Å². The van der Waals surface area contributed by atoms with Crippen molar-refractivity contribution in [3.63, 3.8) is 0 Å². The monoisotopic (exact) mass is 372 g/mol. The number of anilines is 3. The van der Waals surface area contributed by atoms with Crippen LogP contribution in [0.5, 0.6) is 0 Å². The molecule has 0 radical (unpaired) electrons. The SMILES string of the molecule is CN1C[C@@H]2C[C@H]1CN2c1ccc(-n2cnc(Nc3cnc(C#N)cn3)c2)cc1. The molecule has 1 aromatic carbocycles. The van der Waals surface area contributed by atoms with Crippen LogP contribution in [0.1, 0.15) is 12.1 Å². The molecule has 3 aromatic rings. The van der Waals surface area contributed by atoms with E-state index in [4.69, 9.17) is 5.26 Å². The maximum atomic E-state index is 8.79. The van der Waals surface area contributed by atoms with Crippen molar-refractivity contribution in [3.05, 3.63) is 54.9 Å². The van der Waals surface area contributed by atoms with Gasteiger partial charge in [0, 0.05) is 36.5 Å². The van der Waals surface area contributed by atoms with Gasteiger partial charge in [-0.1, -0.05) is 0 Å². The van der Waals surface area contributed by atoms with Crippen molar-refractivity contribution in [3.8, 4) is 11.8 Å². The van der Waals surface area contributed by atoms with E-state index in [1.807, 2.05) is 16.8 Å². The molecule has 1 N–H and O–H groups in total. The number of hydrogen-bond donors (Lipinski definition) is 1. The van der Waals surface area contributed by atoms with E-state index >= 15 is 0 Å². The van der Waals surface area contributed by atoms with Crippen LogP contribution >= 0.6 is 0 Å². The number of nitrogens with zero attached hydrogens (tertiary/aromatic N) is 7. The summed E-state index contributed by atoms with van der Waals surface area (Å²) in [7, 11) is 2.22. The Hall–Kier alpha value is -3.44. The molecule has 2 aliphatic heterocycles. The van der Waals surface area contributed by atoms with Crippen molar-refractivity contribution in [2.24, 2.45) is 0 Å². The third-order valence-electron chi connectivity index (χ3n) is 5.60. The highest BCUT2D eigenvalue weighted by Crippen LogP contribution is 2.33. The molecule has 2 aliphatic rings. The second-order valence-corrected chi connectivity index (χ2v) is 7.34. The summed E-state index contributed by atoms with van der Waals surface area (Å²) in [6.07, 6.45) is 7.89. The molecule has 5 rings (SSSR count). The van der Waals surface area contributed by atoms with Gasteiger partial charge in [0.05, 0.1) is 18.6 Å². The van der Waals surface area contributed by atoms with Crippen LogP contribution in [0, 0.1) is 11.3 Å². The van der Waals surface area contributed by atoms with Crippen molar-refractivity contribution in [2.45, 2.75) is 18.5 Å². The Balaban J connectivity index is 1.28. The Morgan fingerprint density at radius 2 is 1.82 bits per heavy atom. The standard InChI is InChI=1S/C20H20N8/c1-26-10-18-6-17(26)11-28(18)16-4-2-15(3-5-16)27-12-20(24-13-27)25-19-9-22-14(7-21)8-23-19/h2-5,8-9,12-13,17-18H,6,10-11H2,1H3,(H,23,25)/t17-,18-/m0/s1. The van der Waals surface area contributed by atoms with E-state index in [2.05, 4.69) is 61.4 Å². The predicted octanol–water partition coefficient (Wildman–Crippen LogP) is 2.17. The average Bonchev–Trinajstić information content (AvgIpc) is 3.44. The number of hydrogen-bond acceptors (Lipinski definition) is 7. The summed E-state index contributed by atoms with van der Waals surface area (Å²) in [5.74, 6) is 1.22. The van der Waals surface area contributed by atoms with E-state index in [0.29, 0.717) is 23.7 Å².